The second-order valence-electron chi connectivity index (χ2n) is 6.80. The quantitative estimate of drug-likeness (QED) is 0.509. The number of carbonyl (C=O) groups excluding carboxylic acids is 1. The Morgan fingerprint density at radius 3 is 2.79 bits per heavy atom. The minimum absolute atomic E-state index is 0.0923. The molecule has 0 bridgehead atoms. The number of halogens is 1. The minimum atomic E-state index is -0.627. The first-order valence-corrected chi connectivity index (χ1v) is 9.64. The van der Waals surface area contributed by atoms with Crippen molar-refractivity contribution in [1.29, 1.82) is 0 Å². The van der Waals surface area contributed by atoms with Crippen LogP contribution < -0.4 is 20.1 Å². The topological polar surface area (TPSA) is 103 Å². The number of ether oxygens (including phenoxy) is 2. The molecule has 0 aromatic heterocycles. The Labute approximate surface area is 173 Å². The number of nitrogens with zero attached hydrogens (tertiary/aromatic N) is 1. The predicted octanol–water partition coefficient (Wildman–Crippen LogP) is 4.41. The van der Waals surface area contributed by atoms with Crippen LogP contribution in [0.25, 0.3) is 0 Å². The normalized spacial score (nSPS) is 15.8. The largest absolute Gasteiger partial charge is 0.492 e. The maximum Gasteiger partial charge on any atom is 0.271 e. The first-order chi connectivity index (χ1) is 13.8. The van der Waals surface area contributed by atoms with Gasteiger partial charge in [0.15, 0.2) is 0 Å². The van der Waals surface area contributed by atoms with Crippen LogP contribution in [0.3, 0.4) is 0 Å². The van der Waals surface area contributed by atoms with Gasteiger partial charge in [-0.3, -0.25) is 14.9 Å². The highest BCUT2D eigenvalue weighted by molar-refractivity contribution is 6.34. The van der Waals surface area contributed by atoms with E-state index in [9.17, 15) is 14.9 Å². The third-order valence-corrected chi connectivity index (χ3v) is 4.80. The highest BCUT2D eigenvalue weighted by Crippen LogP contribution is 2.38. The van der Waals surface area contributed by atoms with E-state index >= 15 is 0 Å². The van der Waals surface area contributed by atoms with Gasteiger partial charge in [0.25, 0.3) is 5.69 Å². The molecule has 1 heterocycles. The van der Waals surface area contributed by atoms with Crippen molar-refractivity contribution in [2.75, 3.05) is 17.2 Å². The van der Waals surface area contributed by atoms with Crippen LogP contribution in [-0.2, 0) is 11.2 Å². The number of anilines is 2. The van der Waals surface area contributed by atoms with Crippen LogP contribution in [0, 0.1) is 10.1 Å². The first kappa shape index (κ1) is 20.7. The van der Waals surface area contributed by atoms with Gasteiger partial charge >= 0.3 is 0 Å². The molecular formula is C20H22ClN3O5. The molecule has 1 aliphatic rings. The molecule has 0 radical (unpaired) electrons. The van der Waals surface area contributed by atoms with Gasteiger partial charge in [0, 0.05) is 30.2 Å². The Morgan fingerprint density at radius 2 is 2.14 bits per heavy atom. The van der Waals surface area contributed by atoms with E-state index in [0.29, 0.717) is 23.7 Å². The fourth-order valence-corrected chi connectivity index (χ4v) is 3.31. The molecule has 0 unspecified atom stereocenters. The lowest BCUT2D eigenvalue weighted by atomic mass is 10.1. The van der Waals surface area contributed by atoms with E-state index in [4.69, 9.17) is 21.1 Å². The Bertz CT molecular complexity index is 950. The molecule has 2 aromatic carbocycles. The number of nitro groups is 1. The summed E-state index contributed by atoms with van der Waals surface area (Å²) in [6, 6.07) is 7.03. The van der Waals surface area contributed by atoms with Crippen LogP contribution >= 0.6 is 11.6 Å². The smallest absolute Gasteiger partial charge is 0.271 e. The van der Waals surface area contributed by atoms with E-state index in [1.165, 1.54) is 18.2 Å². The van der Waals surface area contributed by atoms with Crippen molar-refractivity contribution in [2.45, 2.75) is 39.3 Å². The second kappa shape index (κ2) is 8.57. The number of benzene rings is 2. The van der Waals surface area contributed by atoms with Crippen molar-refractivity contribution in [2.24, 2.45) is 0 Å². The summed E-state index contributed by atoms with van der Waals surface area (Å²) in [5.41, 5.74) is 1.87. The zero-order chi connectivity index (χ0) is 21.1. The van der Waals surface area contributed by atoms with E-state index in [1.54, 1.807) is 6.92 Å². The van der Waals surface area contributed by atoms with Gasteiger partial charge in [-0.2, -0.15) is 0 Å². The highest BCUT2D eigenvalue weighted by atomic mass is 35.5. The molecule has 0 saturated carbocycles. The number of rotatable bonds is 7. The number of carbonyl (C=O) groups is 1. The van der Waals surface area contributed by atoms with Gasteiger partial charge in [-0.25, -0.2) is 0 Å². The molecule has 29 heavy (non-hydrogen) atoms. The van der Waals surface area contributed by atoms with E-state index < -0.39 is 11.0 Å². The SMILES string of the molecule is CCOc1cc2c(cc1N[C@@H](C)C(=O)Nc1ccc([N+](=O)[O-])cc1Cl)O[C@H](C)C2. The minimum Gasteiger partial charge on any atom is -0.492 e. The molecule has 0 fully saturated rings. The molecule has 0 aliphatic carbocycles. The Hall–Kier alpha value is -3.00. The molecule has 2 N–H and O–H groups in total. The van der Waals surface area contributed by atoms with Crippen LogP contribution in [0.2, 0.25) is 5.02 Å². The summed E-state index contributed by atoms with van der Waals surface area (Å²) in [6.07, 6.45) is 0.907. The van der Waals surface area contributed by atoms with E-state index in [-0.39, 0.29) is 22.7 Å². The van der Waals surface area contributed by atoms with Crippen LogP contribution in [0.5, 0.6) is 11.5 Å². The zero-order valence-corrected chi connectivity index (χ0v) is 17.1. The van der Waals surface area contributed by atoms with Gasteiger partial charge in [-0.15, -0.1) is 0 Å². The number of hydrogen-bond acceptors (Lipinski definition) is 6. The van der Waals surface area contributed by atoms with Gasteiger partial charge < -0.3 is 20.1 Å². The fraction of sp³-hybridized carbons (Fsp3) is 0.350. The van der Waals surface area contributed by atoms with Crippen LogP contribution in [0.15, 0.2) is 30.3 Å². The zero-order valence-electron chi connectivity index (χ0n) is 16.3. The summed E-state index contributed by atoms with van der Waals surface area (Å²) in [6.45, 7) is 6.07. The third-order valence-electron chi connectivity index (χ3n) is 4.48. The predicted molar refractivity (Wildman–Crippen MR) is 111 cm³/mol. The van der Waals surface area contributed by atoms with Crippen LogP contribution in [0.4, 0.5) is 17.1 Å². The molecule has 3 rings (SSSR count). The first-order valence-electron chi connectivity index (χ1n) is 9.26. The van der Waals surface area contributed by atoms with Crippen molar-refractivity contribution >= 4 is 34.6 Å². The number of nitro benzene ring substituents is 1. The fourth-order valence-electron chi connectivity index (χ4n) is 3.09. The average molecular weight is 420 g/mol. The lowest BCUT2D eigenvalue weighted by molar-refractivity contribution is -0.384. The summed E-state index contributed by atoms with van der Waals surface area (Å²) in [5.74, 6) is 1.07. The Balaban J connectivity index is 1.74. The molecule has 1 aliphatic heterocycles. The summed E-state index contributed by atoms with van der Waals surface area (Å²) >= 11 is 6.05. The summed E-state index contributed by atoms with van der Waals surface area (Å²) < 4.78 is 11.5. The maximum atomic E-state index is 12.6. The highest BCUT2D eigenvalue weighted by Gasteiger charge is 2.24. The third kappa shape index (κ3) is 4.71. The standard InChI is InChI=1S/C20H22ClN3O5/c1-4-28-19-8-13-7-11(2)29-18(13)10-17(19)22-12(3)20(25)23-16-6-5-14(24(26)27)9-15(16)21/h5-6,8-12,22H,4,7H2,1-3H3,(H,23,25)/t11-,12+/m1/s1. The molecular weight excluding hydrogens is 398 g/mol. The van der Waals surface area contributed by atoms with Gasteiger partial charge in [-0.1, -0.05) is 11.6 Å². The molecule has 154 valence electrons. The molecule has 2 aromatic rings. The maximum absolute atomic E-state index is 12.6. The number of non-ortho nitro benzene ring substituents is 1. The van der Waals surface area contributed by atoms with Gasteiger partial charge in [-0.05, 0) is 32.9 Å². The Kier molecular flexibility index (Phi) is 6.12. The van der Waals surface area contributed by atoms with E-state index in [0.717, 1.165) is 17.7 Å². The molecule has 2 atom stereocenters. The number of hydrogen-bond donors (Lipinski definition) is 2. The summed E-state index contributed by atoms with van der Waals surface area (Å²) in [4.78, 5) is 22.9. The van der Waals surface area contributed by atoms with Crippen molar-refractivity contribution in [3.63, 3.8) is 0 Å². The van der Waals surface area contributed by atoms with Crippen LogP contribution in [0.1, 0.15) is 26.3 Å². The van der Waals surface area contributed by atoms with Gasteiger partial charge in [0.1, 0.15) is 23.6 Å². The number of amides is 1. The van der Waals surface area contributed by atoms with E-state index in [1.807, 2.05) is 26.0 Å². The molecule has 9 heteroatoms. The molecule has 1 amide bonds. The summed E-state index contributed by atoms with van der Waals surface area (Å²) in [5, 5.41) is 16.7. The second-order valence-corrected chi connectivity index (χ2v) is 7.21. The lowest BCUT2D eigenvalue weighted by Crippen LogP contribution is -2.32. The lowest BCUT2D eigenvalue weighted by Gasteiger charge is -2.19. The molecule has 0 spiro atoms. The number of fused-ring (bicyclic) bond motifs is 1. The van der Waals surface area contributed by atoms with E-state index in [2.05, 4.69) is 10.6 Å². The van der Waals surface area contributed by atoms with Crippen LogP contribution in [-0.4, -0.2) is 29.6 Å². The molecule has 8 nitrogen and oxygen atoms in total. The molecule has 0 saturated heterocycles. The van der Waals surface area contributed by atoms with Crippen molar-refractivity contribution in [3.05, 3.63) is 51.0 Å². The Morgan fingerprint density at radius 1 is 1.38 bits per heavy atom. The van der Waals surface area contributed by atoms with Gasteiger partial charge in [0.2, 0.25) is 5.91 Å². The summed E-state index contributed by atoms with van der Waals surface area (Å²) in [7, 11) is 0. The van der Waals surface area contributed by atoms with Crippen molar-refractivity contribution in [1.82, 2.24) is 0 Å². The van der Waals surface area contributed by atoms with Gasteiger partial charge in [0.05, 0.1) is 27.9 Å². The van der Waals surface area contributed by atoms with Crippen molar-refractivity contribution in [3.8, 4) is 11.5 Å². The number of nitrogens with one attached hydrogen (secondary N) is 2. The van der Waals surface area contributed by atoms with Crippen molar-refractivity contribution < 1.29 is 19.2 Å². The monoisotopic (exact) mass is 419 g/mol. The average Bonchev–Trinajstić information content (AvgIpc) is 3.02.